The summed E-state index contributed by atoms with van der Waals surface area (Å²) in [6, 6.07) is 8.13. The minimum absolute atomic E-state index is 0.258. The molecule has 1 fully saturated rings. The molecule has 0 atom stereocenters. The van der Waals surface area contributed by atoms with Gasteiger partial charge in [0.15, 0.2) is 0 Å². The van der Waals surface area contributed by atoms with E-state index in [9.17, 15) is 4.79 Å². The fraction of sp³-hybridized carbons (Fsp3) is 0.500. The summed E-state index contributed by atoms with van der Waals surface area (Å²) in [5.41, 5.74) is 7.75. The Labute approximate surface area is 103 Å². The van der Waals surface area contributed by atoms with Crippen molar-refractivity contribution in [3.63, 3.8) is 0 Å². The highest BCUT2D eigenvalue weighted by molar-refractivity contribution is 5.96. The van der Waals surface area contributed by atoms with Gasteiger partial charge < -0.3 is 10.6 Å². The van der Waals surface area contributed by atoms with Crippen LogP contribution in [0.15, 0.2) is 24.3 Å². The zero-order chi connectivity index (χ0) is 12.3. The maximum Gasteiger partial charge on any atom is 0.230 e. The van der Waals surface area contributed by atoms with Crippen LogP contribution in [0.4, 0.5) is 5.69 Å². The molecule has 1 aromatic carbocycles. The zero-order valence-corrected chi connectivity index (χ0v) is 10.4. The number of carbonyl (C=O) groups excluding carboxylic acids is 1. The van der Waals surface area contributed by atoms with E-state index in [1.165, 1.54) is 5.56 Å². The lowest BCUT2D eigenvalue weighted by Gasteiger charge is -2.22. The summed E-state index contributed by atoms with van der Waals surface area (Å²) in [5, 5.41) is 0. The van der Waals surface area contributed by atoms with Crippen molar-refractivity contribution in [3.8, 4) is 0 Å². The summed E-state index contributed by atoms with van der Waals surface area (Å²) < 4.78 is 0. The molecule has 1 amide bonds. The molecule has 17 heavy (non-hydrogen) atoms. The van der Waals surface area contributed by atoms with Crippen molar-refractivity contribution in [1.29, 1.82) is 0 Å². The number of hydrogen-bond acceptors (Lipinski definition) is 2. The highest BCUT2D eigenvalue weighted by atomic mass is 16.2. The van der Waals surface area contributed by atoms with Crippen molar-refractivity contribution in [2.45, 2.75) is 26.2 Å². The number of rotatable bonds is 5. The summed E-state index contributed by atoms with van der Waals surface area (Å²) in [6.45, 7) is 3.41. The standard InChI is InChI=1S/C14H20N2O/c1-11-3-7-13(8-4-11)16(10-2-9-15)14(17)12-5-6-12/h3-4,7-8,12H,2,5-6,9-10,15H2,1H3. The number of anilines is 1. The quantitative estimate of drug-likeness (QED) is 0.845. The molecular weight excluding hydrogens is 212 g/mol. The van der Waals surface area contributed by atoms with Crippen LogP contribution in [0.5, 0.6) is 0 Å². The zero-order valence-electron chi connectivity index (χ0n) is 10.4. The average Bonchev–Trinajstić information content (AvgIpc) is 3.15. The van der Waals surface area contributed by atoms with Crippen LogP contribution in [0.3, 0.4) is 0 Å². The van der Waals surface area contributed by atoms with E-state index in [1.54, 1.807) is 0 Å². The topological polar surface area (TPSA) is 46.3 Å². The molecule has 3 heteroatoms. The lowest BCUT2D eigenvalue weighted by molar-refractivity contribution is -0.119. The second kappa shape index (κ2) is 5.32. The molecule has 1 aliphatic carbocycles. The van der Waals surface area contributed by atoms with E-state index in [1.807, 2.05) is 29.2 Å². The van der Waals surface area contributed by atoms with Crippen LogP contribution in [-0.2, 0) is 4.79 Å². The smallest absolute Gasteiger partial charge is 0.230 e. The second-order valence-corrected chi connectivity index (χ2v) is 4.74. The summed E-state index contributed by atoms with van der Waals surface area (Å²) in [4.78, 5) is 14.1. The number of hydrogen-bond donors (Lipinski definition) is 1. The van der Waals surface area contributed by atoms with E-state index in [0.717, 1.165) is 31.5 Å². The molecule has 3 nitrogen and oxygen atoms in total. The number of amides is 1. The third kappa shape index (κ3) is 3.07. The molecule has 0 aromatic heterocycles. The van der Waals surface area contributed by atoms with Gasteiger partial charge >= 0.3 is 0 Å². The molecule has 0 spiro atoms. The van der Waals surface area contributed by atoms with E-state index in [0.29, 0.717) is 6.54 Å². The van der Waals surface area contributed by atoms with Crippen molar-refractivity contribution in [2.75, 3.05) is 18.0 Å². The molecule has 0 aliphatic heterocycles. The van der Waals surface area contributed by atoms with Gasteiger partial charge in [0.25, 0.3) is 0 Å². The van der Waals surface area contributed by atoms with Crippen molar-refractivity contribution < 1.29 is 4.79 Å². The molecule has 0 radical (unpaired) electrons. The van der Waals surface area contributed by atoms with Crippen molar-refractivity contribution >= 4 is 11.6 Å². The monoisotopic (exact) mass is 232 g/mol. The molecular formula is C14H20N2O. The third-order valence-corrected chi connectivity index (χ3v) is 3.12. The average molecular weight is 232 g/mol. The van der Waals surface area contributed by atoms with Crippen LogP contribution in [0.25, 0.3) is 0 Å². The summed E-state index contributed by atoms with van der Waals surface area (Å²) in [5.74, 6) is 0.524. The Balaban J connectivity index is 2.13. The van der Waals surface area contributed by atoms with Gasteiger partial charge in [0.05, 0.1) is 0 Å². The van der Waals surface area contributed by atoms with Gasteiger partial charge in [-0.05, 0) is 44.9 Å². The minimum atomic E-state index is 0.258. The Morgan fingerprint density at radius 2 is 2.00 bits per heavy atom. The van der Waals surface area contributed by atoms with Crippen LogP contribution in [-0.4, -0.2) is 19.0 Å². The second-order valence-electron chi connectivity index (χ2n) is 4.74. The fourth-order valence-electron chi connectivity index (χ4n) is 1.89. The highest BCUT2D eigenvalue weighted by Gasteiger charge is 2.33. The Morgan fingerprint density at radius 3 is 2.53 bits per heavy atom. The third-order valence-electron chi connectivity index (χ3n) is 3.12. The maximum atomic E-state index is 12.2. The van der Waals surface area contributed by atoms with Crippen molar-refractivity contribution in [3.05, 3.63) is 29.8 Å². The molecule has 0 unspecified atom stereocenters. The summed E-state index contributed by atoms with van der Waals surface area (Å²) >= 11 is 0. The molecule has 1 saturated carbocycles. The number of carbonyl (C=O) groups is 1. The van der Waals surface area contributed by atoms with Gasteiger partial charge in [-0.2, -0.15) is 0 Å². The molecule has 0 heterocycles. The number of nitrogens with two attached hydrogens (primary N) is 1. The first-order valence-corrected chi connectivity index (χ1v) is 6.30. The van der Waals surface area contributed by atoms with Gasteiger partial charge in [-0.3, -0.25) is 4.79 Å². The number of aryl methyl sites for hydroxylation is 1. The Kier molecular flexibility index (Phi) is 3.79. The largest absolute Gasteiger partial charge is 0.330 e. The summed E-state index contributed by atoms with van der Waals surface area (Å²) in [7, 11) is 0. The first kappa shape index (κ1) is 12.1. The minimum Gasteiger partial charge on any atom is -0.330 e. The van der Waals surface area contributed by atoms with Crippen LogP contribution < -0.4 is 10.6 Å². The van der Waals surface area contributed by atoms with Gasteiger partial charge in [0.1, 0.15) is 0 Å². The predicted octanol–water partition coefficient (Wildman–Crippen LogP) is 2.09. The molecule has 0 saturated heterocycles. The molecule has 2 rings (SSSR count). The fourth-order valence-corrected chi connectivity index (χ4v) is 1.89. The van der Waals surface area contributed by atoms with Crippen molar-refractivity contribution in [1.82, 2.24) is 0 Å². The van der Waals surface area contributed by atoms with Crippen molar-refractivity contribution in [2.24, 2.45) is 11.7 Å². The Hall–Kier alpha value is -1.35. The SMILES string of the molecule is Cc1ccc(N(CCCN)C(=O)C2CC2)cc1. The van der Waals surface area contributed by atoms with E-state index in [-0.39, 0.29) is 11.8 Å². The molecule has 0 bridgehead atoms. The highest BCUT2D eigenvalue weighted by Crippen LogP contribution is 2.32. The van der Waals surface area contributed by atoms with Gasteiger partial charge in [-0.25, -0.2) is 0 Å². The normalized spacial score (nSPS) is 14.7. The van der Waals surface area contributed by atoms with E-state index in [2.05, 4.69) is 6.92 Å². The molecule has 2 N–H and O–H groups in total. The Morgan fingerprint density at radius 1 is 1.35 bits per heavy atom. The van der Waals surface area contributed by atoms with Gasteiger partial charge in [0, 0.05) is 18.2 Å². The molecule has 1 aliphatic rings. The molecule has 92 valence electrons. The number of benzene rings is 1. The lowest BCUT2D eigenvalue weighted by atomic mass is 10.2. The number of nitrogens with zero attached hydrogens (tertiary/aromatic N) is 1. The van der Waals surface area contributed by atoms with Crippen LogP contribution in [0.1, 0.15) is 24.8 Å². The van der Waals surface area contributed by atoms with Gasteiger partial charge in [-0.1, -0.05) is 17.7 Å². The first-order chi connectivity index (χ1) is 8.22. The van der Waals surface area contributed by atoms with E-state index in [4.69, 9.17) is 5.73 Å². The maximum absolute atomic E-state index is 12.2. The summed E-state index contributed by atoms with van der Waals surface area (Å²) in [6.07, 6.45) is 2.94. The first-order valence-electron chi connectivity index (χ1n) is 6.30. The van der Waals surface area contributed by atoms with Crippen LogP contribution >= 0.6 is 0 Å². The predicted molar refractivity (Wildman–Crippen MR) is 69.9 cm³/mol. The Bertz CT molecular complexity index is 382. The lowest BCUT2D eigenvalue weighted by Crippen LogP contribution is -2.34. The van der Waals surface area contributed by atoms with E-state index >= 15 is 0 Å². The van der Waals surface area contributed by atoms with Crippen LogP contribution in [0, 0.1) is 12.8 Å². The van der Waals surface area contributed by atoms with E-state index < -0.39 is 0 Å². The molecule has 1 aromatic rings. The van der Waals surface area contributed by atoms with Crippen LogP contribution in [0.2, 0.25) is 0 Å². The van der Waals surface area contributed by atoms with Gasteiger partial charge in [0.2, 0.25) is 5.91 Å². The van der Waals surface area contributed by atoms with Gasteiger partial charge in [-0.15, -0.1) is 0 Å².